The molecule has 0 aliphatic rings. The zero-order valence-corrected chi connectivity index (χ0v) is 9.52. The second-order valence-electron chi connectivity index (χ2n) is 2.58. The minimum absolute atomic E-state index is 0.265. The van der Waals surface area contributed by atoms with Gasteiger partial charge in [0.15, 0.2) is 0 Å². The first-order chi connectivity index (χ1) is 6.10. The highest BCUT2D eigenvalue weighted by atomic mass is 79.9. The van der Waals surface area contributed by atoms with Crippen LogP contribution >= 0.6 is 16.1 Å². The van der Waals surface area contributed by atoms with Crippen molar-refractivity contribution in [2.24, 2.45) is 0 Å². The maximum atomic E-state index is 11.2. The number of rotatable bonds is 3. The second-order valence-corrected chi connectivity index (χ2v) is 5.18. The van der Waals surface area contributed by atoms with Crippen LogP contribution in [0.25, 0.3) is 0 Å². The third-order valence-corrected chi connectivity index (χ3v) is 4.12. The van der Waals surface area contributed by atoms with Gasteiger partial charge in [-0.25, -0.2) is 8.42 Å². The number of hydrogen-bond acceptors (Lipinski definition) is 2. The molecular formula is C8H10BrNO2S. The van der Waals surface area contributed by atoms with Crippen LogP contribution in [0.1, 0.15) is 12.5 Å². The molecule has 1 aromatic rings. The van der Waals surface area contributed by atoms with E-state index in [0.717, 1.165) is 12.0 Å². The van der Waals surface area contributed by atoms with E-state index in [2.05, 4.69) is 19.9 Å². The summed E-state index contributed by atoms with van der Waals surface area (Å²) >= 11 is 2.71. The van der Waals surface area contributed by atoms with Crippen molar-refractivity contribution in [1.29, 1.82) is 0 Å². The lowest BCUT2D eigenvalue weighted by molar-refractivity contribution is 0.595. The molecule has 1 N–H and O–H groups in total. The largest absolute Gasteiger partial charge is 0.250 e. The maximum Gasteiger partial charge on any atom is 0.250 e. The van der Waals surface area contributed by atoms with Crippen molar-refractivity contribution >= 4 is 26.2 Å². The number of nitrogens with one attached hydrogen (secondary N) is 1. The van der Waals surface area contributed by atoms with Gasteiger partial charge in [0.2, 0.25) is 10.0 Å². The molecule has 0 amide bonds. The molecule has 72 valence electrons. The summed E-state index contributed by atoms with van der Waals surface area (Å²) < 4.78 is 24.6. The standard InChI is InChI=1S/C8H10BrNO2S/c1-2-7-3-5-8(6-4-7)13(11,12)10-9/h3-6,10H,2H2,1H3. The predicted molar refractivity (Wildman–Crippen MR) is 55.1 cm³/mol. The molecule has 0 atom stereocenters. The molecule has 0 unspecified atom stereocenters. The van der Waals surface area contributed by atoms with Crippen LogP contribution in [0.2, 0.25) is 0 Å². The monoisotopic (exact) mass is 263 g/mol. The molecule has 0 aliphatic carbocycles. The van der Waals surface area contributed by atoms with Crippen LogP contribution in [-0.2, 0) is 16.4 Å². The van der Waals surface area contributed by atoms with E-state index in [1.54, 1.807) is 24.3 Å². The van der Waals surface area contributed by atoms with Crippen molar-refractivity contribution in [1.82, 2.24) is 3.75 Å². The van der Waals surface area contributed by atoms with Gasteiger partial charge in [-0.2, -0.15) is 0 Å². The summed E-state index contributed by atoms with van der Waals surface area (Å²) in [5.74, 6) is 0. The molecule has 0 fully saturated rings. The van der Waals surface area contributed by atoms with E-state index in [-0.39, 0.29) is 4.90 Å². The van der Waals surface area contributed by atoms with Gasteiger partial charge in [0.05, 0.1) is 4.90 Å². The minimum atomic E-state index is -3.36. The van der Waals surface area contributed by atoms with E-state index in [0.29, 0.717) is 0 Å². The molecule has 13 heavy (non-hydrogen) atoms. The SMILES string of the molecule is CCc1ccc(S(=O)(=O)NBr)cc1. The first kappa shape index (κ1) is 10.7. The number of hydrogen-bond donors (Lipinski definition) is 1. The van der Waals surface area contributed by atoms with Gasteiger partial charge in [0, 0.05) is 16.1 Å². The van der Waals surface area contributed by atoms with Crippen LogP contribution in [0.3, 0.4) is 0 Å². The van der Waals surface area contributed by atoms with E-state index in [1.807, 2.05) is 6.92 Å². The van der Waals surface area contributed by atoms with E-state index in [4.69, 9.17) is 0 Å². The summed E-state index contributed by atoms with van der Waals surface area (Å²) in [6, 6.07) is 6.78. The Balaban J connectivity index is 3.06. The van der Waals surface area contributed by atoms with Crippen LogP contribution in [0.5, 0.6) is 0 Å². The van der Waals surface area contributed by atoms with Crippen molar-refractivity contribution in [3.63, 3.8) is 0 Å². The van der Waals surface area contributed by atoms with Crippen molar-refractivity contribution in [3.8, 4) is 0 Å². The first-order valence-electron chi connectivity index (χ1n) is 3.81. The Bertz CT molecular complexity index is 372. The van der Waals surface area contributed by atoms with E-state index < -0.39 is 10.0 Å². The van der Waals surface area contributed by atoms with Gasteiger partial charge in [0.1, 0.15) is 0 Å². The van der Waals surface area contributed by atoms with Crippen LogP contribution in [0.4, 0.5) is 0 Å². The zero-order valence-electron chi connectivity index (χ0n) is 7.12. The summed E-state index contributed by atoms with van der Waals surface area (Å²) in [6.45, 7) is 2.02. The fourth-order valence-corrected chi connectivity index (χ4v) is 2.09. The molecule has 0 aliphatic heterocycles. The van der Waals surface area contributed by atoms with Crippen LogP contribution in [0, 0.1) is 0 Å². The van der Waals surface area contributed by atoms with Gasteiger partial charge in [0.25, 0.3) is 0 Å². The lowest BCUT2D eigenvalue weighted by Gasteiger charge is -2.01. The van der Waals surface area contributed by atoms with Gasteiger partial charge < -0.3 is 0 Å². The fourth-order valence-electron chi connectivity index (χ4n) is 0.949. The molecule has 0 aromatic heterocycles. The predicted octanol–water partition coefficient (Wildman–Crippen LogP) is 1.84. The van der Waals surface area contributed by atoms with E-state index in [1.165, 1.54) is 0 Å². The summed E-state index contributed by atoms with van der Waals surface area (Å²) in [5, 5.41) is 0. The van der Waals surface area contributed by atoms with E-state index >= 15 is 0 Å². The normalized spacial score (nSPS) is 11.5. The van der Waals surface area contributed by atoms with Crippen LogP contribution in [-0.4, -0.2) is 8.42 Å². The Labute approximate surface area is 86.5 Å². The molecule has 1 rings (SSSR count). The van der Waals surface area contributed by atoms with Crippen molar-refractivity contribution in [2.45, 2.75) is 18.2 Å². The highest BCUT2D eigenvalue weighted by Crippen LogP contribution is 2.11. The second kappa shape index (κ2) is 4.21. The highest BCUT2D eigenvalue weighted by Gasteiger charge is 2.10. The first-order valence-corrected chi connectivity index (χ1v) is 6.09. The molecule has 3 nitrogen and oxygen atoms in total. The number of halogens is 1. The smallest absolute Gasteiger partial charge is 0.206 e. The third-order valence-electron chi connectivity index (χ3n) is 1.74. The topological polar surface area (TPSA) is 46.2 Å². The summed E-state index contributed by atoms with van der Waals surface area (Å²) in [7, 11) is -3.36. The number of aryl methyl sites for hydroxylation is 1. The average Bonchev–Trinajstić information content (AvgIpc) is 2.18. The van der Waals surface area contributed by atoms with Crippen LogP contribution < -0.4 is 3.75 Å². The number of sulfonamides is 1. The third kappa shape index (κ3) is 2.52. The number of benzene rings is 1. The Morgan fingerprint density at radius 3 is 2.23 bits per heavy atom. The van der Waals surface area contributed by atoms with Gasteiger partial charge >= 0.3 is 0 Å². The Hall–Kier alpha value is -0.390. The van der Waals surface area contributed by atoms with Gasteiger partial charge in [-0.15, -0.1) is 3.75 Å². The highest BCUT2D eigenvalue weighted by molar-refractivity contribution is 9.09. The zero-order chi connectivity index (χ0) is 9.90. The lowest BCUT2D eigenvalue weighted by Crippen LogP contribution is -2.12. The maximum absolute atomic E-state index is 11.2. The molecule has 0 spiro atoms. The molecule has 0 saturated carbocycles. The van der Waals surface area contributed by atoms with Crippen molar-refractivity contribution < 1.29 is 8.42 Å². The Morgan fingerprint density at radius 1 is 1.31 bits per heavy atom. The van der Waals surface area contributed by atoms with Crippen molar-refractivity contribution in [3.05, 3.63) is 29.8 Å². The molecule has 0 saturated heterocycles. The van der Waals surface area contributed by atoms with Gasteiger partial charge in [-0.05, 0) is 24.1 Å². The Morgan fingerprint density at radius 2 is 1.85 bits per heavy atom. The van der Waals surface area contributed by atoms with E-state index in [9.17, 15) is 8.42 Å². The summed E-state index contributed by atoms with van der Waals surface area (Å²) in [5.41, 5.74) is 1.12. The molecule has 0 radical (unpaired) electrons. The van der Waals surface area contributed by atoms with Gasteiger partial charge in [-0.3, -0.25) is 0 Å². The molecule has 0 heterocycles. The Kier molecular flexibility index (Phi) is 3.47. The van der Waals surface area contributed by atoms with Crippen molar-refractivity contribution in [2.75, 3.05) is 0 Å². The van der Waals surface area contributed by atoms with Gasteiger partial charge in [-0.1, -0.05) is 19.1 Å². The molecular weight excluding hydrogens is 254 g/mol. The summed E-state index contributed by atoms with van der Waals surface area (Å²) in [6.07, 6.45) is 0.905. The fraction of sp³-hybridized carbons (Fsp3) is 0.250. The molecule has 0 bridgehead atoms. The molecule has 1 aromatic carbocycles. The minimum Gasteiger partial charge on any atom is -0.206 e. The lowest BCUT2D eigenvalue weighted by atomic mass is 10.2. The average molecular weight is 264 g/mol. The molecule has 5 heteroatoms. The summed E-state index contributed by atoms with van der Waals surface area (Å²) in [4.78, 5) is 0.265. The van der Waals surface area contributed by atoms with Crippen LogP contribution in [0.15, 0.2) is 29.2 Å². The quantitative estimate of drug-likeness (QED) is 0.847.